The zero-order valence-corrected chi connectivity index (χ0v) is 24.0. The molecule has 0 aliphatic carbocycles. The van der Waals surface area contributed by atoms with Gasteiger partial charge in [0.25, 0.3) is 5.91 Å². The summed E-state index contributed by atoms with van der Waals surface area (Å²) in [5.41, 5.74) is 4.48. The second-order valence-corrected chi connectivity index (χ2v) is 12.1. The molecule has 4 aromatic rings. The van der Waals surface area contributed by atoms with Gasteiger partial charge in [0.15, 0.2) is 5.76 Å². The van der Waals surface area contributed by atoms with Gasteiger partial charge in [-0.3, -0.25) is 14.5 Å². The highest BCUT2D eigenvalue weighted by Gasteiger charge is 2.46. The Labute approximate surface area is 237 Å². The molecule has 0 radical (unpaired) electrons. The third kappa shape index (κ3) is 4.79. The van der Waals surface area contributed by atoms with Gasteiger partial charge in [0.1, 0.15) is 5.01 Å². The summed E-state index contributed by atoms with van der Waals surface area (Å²) >= 11 is 7.69. The average molecular weight is 557 g/mol. The lowest BCUT2D eigenvalue weighted by Crippen LogP contribution is -2.31. The Bertz CT molecular complexity index is 1620. The summed E-state index contributed by atoms with van der Waals surface area (Å²) in [5, 5.41) is 12.4. The van der Waals surface area contributed by atoms with Gasteiger partial charge >= 0.3 is 0 Å². The van der Waals surface area contributed by atoms with Crippen molar-refractivity contribution in [2.45, 2.75) is 46.1 Å². The first-order chi connectivity index (χ1) is 18.5. The molecule has 0 bridgehead atoms. The number of Topliss-reactive ketones (excluding diaryl/α,β-unsaturated/α-hetero) is 1. The maximum Gasteiger partial charge on any atom is 0.294 e. The van der Waals surface area contributed by atoms with Crippen molar-refractivity contribution in [3.63, 3.8) is 0 Å². The Morgan fingerprint density at radius 3 is 2.28 bits per heavy atom. The lowest BCUT2D eigenvalue weighted by molar-refractivity contribution is -0.117. The molecular formula is C32H29ClN2O3S. The minimum atomic E-state index is -0.835. The molecular weight excluding hydrogens is 528 g/mol. The van der Waals surface area contributed by atoms with Gasteiger partial charge in [0, 0.05) is 16.3 Å². The number of benzene rings is 3. The molecule has 1 aliphatic heterocycles. The quantitative estimate of drug-likeness (QED) is 0.252. The summed E-state index contributed by atoms with van der Waals surface area (Å²) in [4.78, 5) is 34.3. The fourth-order valence-electron chi connectivity index (χ4n) is 4.86. The number of hydrogen-bond donors (Lipinski definition) is 1. The van der Waals surface area contributed by atoms with Gasteiger partial charge in [-0.15, -0.1) is 11.3 Å². The van der Waals surface area contributed by atoms with Crippen LogP contribution in [0.5, 0.6) is 0 Å². The maximum atomic E-state index is 14.2. The van der Waals surface area contributed by atoms with Crippen LogP contribution >= 0.6 is 22.9 Å². The molecule has 39 heavy (non-hydrogen) atoms. The average Bonchev–Trinajstić information content (AvgIpc) is 3.43. The van der Waals surface area contributed by atoms with Crippen molar-refractivity contribution >= 4 is 40.3 Å². The van der Waals surface area contributed by atoms with E-state index in [1.165, 1.54) is 16.2 Å². The molecule has 5 rings (SSSR count). The predicted molar refractivity (Wildman–Crippen MR) is 158 cm³/mol. The maximum absolute atomic E-state index is 14.2. The van der Waals surface area contributed by atoms with Gasteiger partial charge in [0.2, 0.25) is 5.78 Å². The fourth-order valence-corrected chi connectivity index (χ4v) is 6.05. The monoisotopic (exact) mass is 556 g/mol. The molecule has 1 amide bonds. The van der Waals surface area contributed by atoms with Crippen LogP contribution in [0, 0.1) is 13.8 Å². The summed E-state index contributed by atoms with van der Waals surface area (Å²) in [6.45, 7) is 9.97. The van der Waals surface area contributed by atoms with Crippen molar-refractivity contribution in [1.29, 1.82) is 0 Å². The molecule has 1 unspecified atom stereocenters. The summed E-state index contributed by atoms with van der Waals surface area (Å²) in [5.74, 6) is -1.61. The number of aryl methyl sites for hydroxylation is 1. The van der Waals surface area contributed by atoms with E-state index in [9.17, 15) is 14.7 Å². The molecule has 7 heteroatoms. The summed E-state index contributed by atoms with van der Waals surface area (Å²) < 4.78 is 0. The Kier molecular flexibility index (Phi) is 6.95. The van der Waals surface area contributed by atoms with E-state index < -0.39 is 23.5 Å². The van der Waals surface area contributed by atoms with E-state index in [0.29, 0.717) is 37.4 Å². The number of aliphatic hydroxyl groups is 1. The second kappa shape index (κ2) is 10.1. The number of carbonyl (C=O) groups is 2. The highest BCUT2D eigenvalue weighted by molar-refractivity contribution is 7.17. The molecule has 5 nitrogen and oxygen atoms in total. The lowest BCUT2D eigenvalue weighted by Gasteiger charge is -2.29. The molecule has 3 aromatic carbocycles. The summed E-state index contributed by atoms with van der Waals surface area (Å²) in [6, 6.07) is 21.9. The summed E-state index contributed by atoms with van der Waals surface area (Å²) in [6.07, 6.45) is 0. The minimum absolute atomic E-state index is 0.0363. The first kappa shape index (κ1) is 26.9. The molecule has 0 saturated heterocycles. The molecule has 0 spiro atoms. The van der Waals surface area contributed by atoms with E-state index in [1.807, 2.05) is 61.5 Å². The first-order valence-corrected chi connectivity index (χ1v) is 13.9. The van der Waals surface area contributed by atoms with Gasteiger partial charge < -0.3 is 5.11 Å². The van der Waals surface area contributed by atoms with Crippen LogP contribution in [0.25, 0.3) is 10.6 Å². The van der Waals surface area contributed by atoms with E-state index in [-0.39, 0.29) is 11.0 Å². The number of hydrogen-bond acceptors (Lipinski definition) is 5. The van der Waals surface area contributed by atoms with Gasteiger partial charge in [-0.05, 0) is 48.1 Å². The number of ketones is 1. The van der Waals surface area contributed by atoms with Crippen LogP contribution in [-0.4, -0.2) is 21.8 Å². The molecule has 2 heterocycles. The van der Waals surface area contributed by atoms with Crippen molar-refractivity contribution in [2.75, 3.05) is 4.90 Å². The van der Waals surface area contributed by atoms with Gasteiger partial charge in [0.05, 0.1) is 22.2 Å². The molecule has 0 fully saturated rings. The number of aliphatic hydroxyl groups excluding tert-OH is 1. The van der Waals surface area contributed by atoms with Crippen molar-refractivity contribution in [3.05, 3.63) is 116 Å². The van der Waals surface area contributed by atoms with Gasteiger partial charge in [-0.25, -0.2) is 4.98 Å². The van der Waals surface area contributed by atoms with Crippen LogP contribution in [0.2, 0.25) is 5.02 Å². The number of nitrogens with zero attached hydrogens (tertiary/aromatic N) is 2. The lowest BCUT2D eigenvalue weighted by atomic mass is 9.85. The second-order valence-electron chi connectivity index (χ2n) is 10.7. The number of aromatic nitrogens is 1. The molecule has 1 aromatic heterocycles. The van der Waals surface area contributed by atoms with Crippen LogP contribution in [0.4, 0.5) is 5.69 Å². The van der Waals surface area contributed by atoms with Crippen molar-refractivity contribution in [2.24, 2.45) is 0 Å². The number of carbonyl (C=O) groups excluding carboxylic acids is 2. The van der Waals surface area contributed by atoms with E-state index >= 15 is 0 Å². The zero-order valence-electron chi connectivity index (χ0n) is 22.4. The summed E-state index contributed by atoms with van der Waals surface area (Å²) in [7, 11) is 0. The topological polar surface area (TPSA) is 70.5 Å². The number of halogens is 1. The minimum Gasteiger partial charge on any atom is -0.503 e. The predicted octanol–water partition coefficient (Wildman–Crippen LogP) is 8.16. The van der Waals surface area contributed by atoms with E-state index in [0.717, 1.165) is 11.1 Å². The zero-order chi connectivity index (χ0) is 28.1. The van der Waals surface area contributed by atoms with Crippen molar-refractivity contribution in [3.8, 4) is 10.6 Å². The standard InChI is InChI=1S/C32H29ClN2O3S/c1-18-23(33)12-9-13-24(18)35-26(20-14-16-22(17-15-20)32(3,4)5)25(28(37)31(35)38)27(36)29-19(2)34-30(39-29)21-10-7-6-8-11-21/h6-17,26,37H,1-5H3. The van der Waals surface area contributed by atoms with Crippen LogP contribution in [0.1, 0.15) is 58.9 Å². The number of rotatable bonds is 5. The van der Waals surface area contributed by atoms with Crippen LogP contribution < -0.4 is 4.90 Å². The molecule has 1 aliphatic rings. The van der Waals surface area contributed by atoms with E-state index in [2.05, 4.69) is 25.8 Å². The number of anilines is 1. The molecule has 198 valence electrons. The van der Waals surface area contributed by atoms with Gasteiger partial charge in [-0.2, -0.15) is 0 Å². The highest BCUT2D eigenvalue weighted by atomic mass is 35.5. The Morgan fingerprint density at radius 2 is 1.64 bits per heavy atom. The number of amides is 1. The molecule has 1 atom stereocenters. The SMILES string of the molecule is Cc1nc(-c2ccccc2)sc1C(=O)C1=C(O)C(=O)N(c2cccc(Cl)c2C)C1c1ccc(C(C)(C)C)cc1. The fraction of sp³-hybridized carbons (Fsp3) is 0.219. The Hall–Kier alpha value is -3.74. The first-order valence-electron chi connectivity index (χ1n) is 12.7. The van der Waals surface area contributed by atoms with Gasteiger partial charge in [-0.1, -0.05) is 93.0 Å². The van der Waals surface area contributed by atoms with Crippen molar-refractivity contribution in [1.82, 2.24) is 4.98 Å². The van der Waals surface area contributed by atoms with E-state index in [4.69, 9.17) is 11.6 Å². The largest absolute Gasteiger partial charge is 0.503 e. The highest BCUT2D eigenvalue weighted by Crippen LogP contribution is 2.45. The van der Waals surface area contributed by atoms with Crippen molar-refractivity contribution < 1.29 is 14.7 Å². The normalized spacial score (nSPS) is 15.8. The Balaban J connectivity index is 1.66. The van der Waals surface area contributed by atoms with Crippen LogP contribution in [0.3, 0.4) is 0 Å². The third-order valence-corrected chi connectivity index (χ3v) is 8.68. The van der Waals surface area contributed by atoms with E-state index in [1.54, 1.807) is 25.1 Å². The molecule has 1 N–H and O–H groups in total. The van der Waals surface area contributed by atoms with Crippen LogP contribution in [0.15, 0.2) is 84.1 Å². The Morgan fingerprint density at radius 1 is 0.974 bits per heavy atom. The third-order valence-electron chi connectivity index (χ3n) is 7.07. The molecule has 0 saturated carbocycles. The number of thiazole rings is 1. The smallest absolute Gasteiger partial charge is 0.294 e. The van der Waals surface area contributed by atoms with Crippen LogP contribution in [-0.2, 0) is 10.2 Å².